The highest BCUT2D eigenvalue weighted by Gasteiger charge is 2.39. The third-order valence-corrected chi connectivity index (χ3v) is 5.84. The molecule has 1 aliphatic rings. The second-order valence-electron chi connectivity index (χ2n) is 5.24. The van der Waals surface area contributed by atoms with Gasteiger partial charge in [0.25, 0.3) is 0 Å². The Morgan fingerprint density at radius 1 is 1.43 bits per heavy atom. The molecule has 1 fully saturated rings. The molecule has 0 saturated carbocycles. The summed E-state index contributed by atoms with van der Waals surface area (Å²) in [6.07, 6.45) is 5.58. The van der Waals surface area contributed by atoms with Crippen molar-refractivity contribution in [2.75, 3.05) is 6.54 Å². The fraction of sp³-hybridized carbons (Fsp3) is 0.533. The van der Waals surface area contributed by atoms with Gasteiger partial charge in [-0.25, -0.2) is 8.42 Å². The van der Waals surface area contributed by atoms with E-state index in [4.69, 9.17) is 5.73 Å². The first-order chi connectivity index (χ1) is 10.0. The summed E-state index contributed by atoms with van der Waals surface area (Å²) in [5.74, 6) is 5.53. The van der Waals surface area contributed by atoms with Gasteiger partial charge in [0.05, 0.1) is 6.54 Å². The first-order valence-electron chi connectivity index (χ1n) is 7.18. The number of nitrogens with two attached hydrogens (primary N) is 1. The molecule has 0 aromatic carbocycles. The maximum atomic E-state index is 12.9. The van der Waals surface area contributed by atoms with Gasteiger partial charge in [-0.05, 0) is 32.3 Å². The molecule has 114 valence electrons. The molecule has 6 heteroatoms. The Balaban J connectivity index is 2.39. The summed E-state index contributed by atoms with van der Waals surface area (Å²) in [7, 11) is -3.52. The lowest BCUT2D eigenvalue weighted by Gasteiger charge is -2.26. The molecule has 0 amide bonds. The largest absolute Gasteiger partial charge is 0.320 e. The van der Waals surface area contributed by atoms with Crippen LogP contribution >= 0.6 is 0 Å². The molecule has 1 aliphatic heterocycles. The van der Waals surface area contributed by atoms with E-state index in [1.807, 2.05) is 13.8 Å². The number of hydrogen-bond donors (Lipinski definition) is 1. The Hall–Kier alpha value is -1.42. The number of aromatic nitrogens is 1. The Morgan fingerprint density at radius 3 is 2.86 bits per heavy atom. The molecule has 2 atom stereocenters. The van der Waals surface area contributed by atoms with E-state index in [-0.39, 0.29) is 23.5 Å². The second kappa shape index (κ2) is 6.56. The second-order valence-corrected chi connectivity index (χ2v) is 7.08. The summed E-state index contributed by atoms with van der Waals surface area (Å²) in [5.41, 5.74) is 5.90. The molecule has 2 N–H and O–H groups in total. The molecule has 1 aromatic heterocycles. The van der Waals surface area contributed by atoms with Crippen molar-refractivity contribution in [2.24, 2.45) is 5.73 Å². The van der Waals surface area contributed by atoms with E-state index in [1.165, 1.54) is 6.20 Å². The van der Waals surface area contributed by atoms with Gasteiger partial charge in [0.1, 0.15) is 4.90 Å². The minimum atomic E-state index is -3.52. The van der Waals surface area contributed by atoms with Gasteiger partial charge in [-0.2, -0.15) is 4.31 Å². The number of rotatable bonds is 3. The number of hydrogen-bond acceptors (Lipinski definition) is 4. The minimum Gasteiger partial charge on any atom is -0.320 e. The monoisotopic (exact) mass is 307 g/mol. The quantitative estimate of drug-likeness (QED) is 0.855. The Kier molecular flexibility index (Phi) is 4.99. The zero-order chi connectivity index (χ0) is 15.5. The van der Waals surface area contributed by atoms with Crippen LogP contribution in [0.3, 0.4) is 0 Å². The molecule has 0 radical (unpaired) electrons. The van der Waals surface area contributed by atoms with Crippen LogP contribution in [0, 0.1) is 11.8 Å². The van der Waals surface area contributed by atoms with Gasteiger partial charge in [-0.1, -0.05) is 18.8 Å². The predicted molar refractivity (Wildman–Crippen MR) is 82.0 cm³/mol. The topological polar surface area (TPSA) is 76.3 Å². The van der Waals surface area contributed by atoms with Gasteiger partial charge in [-0.15, -0.1) is 0 Å². The SMILES string of the molecule is CCC1CCC(C)N1S(=O)(=O)c1cncc(C#CCN)c1. The van der Waals surface area contributed by atoms with E-state index < -0.39 is 10.0 Å². The van der Waals surface area contributed by atoms with Crippen LogP contribution in [-0.4, -0.2) is 36.3 Å². The Morgan fingerprint density at radius 2 is 2.19 bits per heavy atom. The first-order valence-corrected chi connectivity index (χ1v) is 8.62. The number of pyridine rings is 1. The molecule has 2 heterocycles. The molecule has 2 rings (SSSR count). The van der Waals surface area contributed by atoms with E-state index >= 15 is 0 Å². The van der Waals surface area contributed by atoms with E-state index in [1.54, 1.807) is 16.6 Å². The van der Waals surface area contributed by atoms with E-state index in [0.717, 1.165) is 19.3 Å². The summed E-state index contributed by atoms with van der Waals surface area (Å²) in [6.45, 7) is 4.21. The zero-order valence-electron chi connectivity index (χ0n) is 12.4. The molecule has 1 saturated heterocycles. The van der Waals surface area contributed by atoms with Crippen LogP contribution in [0.2, 0.25) is 0 Å². The highest BCUT2D eigenvalue weighted by molar-refractivity contribution is 7.89. The predicted octanol–water partition coefficient (Wildman–Crippen LogP) is 1.34. The summed E-state index contributed by atoms with van der Waals surface area (Å²) < 4.78 is 27.3. The van der Waals surface area contributed by atoms with E-state index in [2.05, 4.69) is 16.8 Å². The zero-order valence-corrected chi connectivity index (χ0v) is 13.2. The van der Waals surface area contributed by atoms with Crippen LogP contribution in [-0.2, 0) is 10.0 Å². The molecule has 0 spiro atoms. The third-order valence-electron chi connectivity index (χ3n) is 3.81. The van der Waals surface area contributed by atoms with Crippen molar-refractivity contribution in [3.8, 4) is 11.8 Å². The lowest BCUT2D eigenvalue weighted by atomic mass is 10.2. The van der Waals surface area contributed by atoms with Gasteiger partial charge in [0.2, 0.25) is 10.0 Å². The number of sulfonamides is 1. The highest BCUT2D eigenvalue weighted by atomic mass is 32.2. The van der Waals surface area contributed by atoms with Crippen molar-refractivity contribution in [3.05, 3.63) is 24.0 Å². The average Bonchev–Trinajstić information content (AvgIpc) is 2.87. The summed E-state index contributed by atoms with van der Waals surface area (Å²) in [4.78, 5) is 4.21. The lowest BCUT2D eigenvalue weighted by molar-refractivity contribution is 0.328. The number of nitrogens with zero attached hydrogens (tertiary/aromatic N) is 2. The third kappa shape index (κ3) is 3.26. The van der Waals surface area contributed by atoms with Crippen molar-refractivity contribution in [1.29, 1.82) is 0 Å². The standard InChI is InChI=1S/C15H21N3O2S/c1-3-14-7-6-12(2)18(14)21(19,20)15-9-13(5-4-8-16)10-17-11-15/h9-12,14H,3,6-8,16H2,1-2H3. The Bertz CT molecular complexity index is 661. The van der Waals surface area contributed by atoms with E-state index in [9.17, 15) is 8.42 Å². The van der Waals surface area contributed by atoms with Crippen LogP contribution in [0.25, 0.3) is 0 Å². The normalized spacial score (nSPS) is 22.8. The van der Waals surface area contributed by atoms with Crippen molar-refractivity contribution in [2.45, 2.75) is 50.1 Å². The van der Waals surface area contributed by atoms with Crippen molar-refractivity contribution >= 4 is 10.0 Å². The molecular weight excluding hydrogens is 286 g/mol. The average molecular weight is 307 g/mol. The van der Waals surface area contributed by atoms with Gasteiger partial charge in [0, 0.05) is 30.0 Å². The highest BCUT2D eigenvalue weighted by Crippen LogP contribution is 2.32. The van der Waals surface area contributed by atoms with Crippen molar-refractivity contribution < 1.29 is 8.42 Å². The van der Waals surface area contributed by atoms with Gasteiger partial charge in [-0.3, -0.25) is 4.98 Å². The van der Waals surface area contributed by atoms with Crippen LogP contribution in [0.4, 0.5) is 0 Å². The van der Waals surface area contributed by atoms with Crippen LogP contribution in [0.15, 0.2) is 23.4 Å². The van der Waals surface area contributed by atoms with Crippen molar-refractivity contribution in [1.82, 2.24) is 9.29 Å². The smallest absolute Gasteiger partial charge is 0.245 e. The van der Waals surface area contributed by atoms with Crippen LogP contribution < -0.4 is 5.73 Å². The molecular formula is C15H21N3O2S. The van der Waals surface area contributed by atoms with Gasteiger partial charge in [0.15, 0.2) is 0 Å². The summed E-state index contributed by atoms with van der Waals surface area (Å²) >= 11 is 0. The first kappa shape index (κ1) is 16.0. The molecule has 5 nitrogen and oxygen atoms in total. The molecule has 0 aliphatic carbocycles. The molecule has 1 aromatic rings. The lowest BCUT2D eigenvalue weighted by Crippen LogP contribution is -2.39. The Labute approximate surface area is 126 Å². The van der Waals surface area contributed by atoms with Gasteiger partial charge >= 0.3 is 0 Å². The van der Waals surface area contributed by atoms with Crippen LogP contribution in [0.5, 0.6) is 0 Å². The summed E-state index contributed by atoms with van der Waals surface area (Å²) in [5, 5.41) is 0. The molecule has 21 heavy (non-hydrogen) atoms. The maximum Gasteiger partial charge on any atom is 0.245 e. The fourth-order valence-electron chi connectivity index (χ4n) is 2.77. The van der Waals surface area contributed by atoms with Crippen LogP contribution in [0.1, 0.15) is 38.7 Å². The van der Waals surface area contributed by atoms with Gasteiger partial charge < -0.3 is 5.73 Å². The van der Waals surface area contributed by atoms with Crippen molar-refractivity contribution in [3.63, 3.8) is 0 Å². The summed E-state index contributed by atoms with van der Waals surface area (Å²) in [6, 6.07) is 1.67. The molecule has 0 bridgehead atoms. The fourth-order valence-corrected chi connectivity index (χ4v) is 4.71. The minimum absolute atomic E-state index is 0.0266. The van der Waals surface area contributed by atoms with E-state index in [0.29, 0.717) is 5.56 Å². The molecule has 2 unspecified atom stereocenters. The maximum absolute atomic E-state index is 12.9.